The van der Waals surface area contributed by atoms with Crippen molar-refractivity contribution < 1.29 is 13.7 Å². The molecule has 1 fully saturated rings. The van der Waals surface area contributed by atoms with Crippen LogP contribution in [0.2, 0.25) is 0 Å². The minimum absolute atomic E-state index is 0.158. The first-order valence-corrected chi connectivity index (χ1v) is 12.7. The van der Waals surface area contributed by atoms with Crippen molar-refractivity contribution in [3.05, 3.63) is 34.5 Å². The Morgan fingerprint density at radius 2 is 2.19 bits per heavy atom. The molecule has 6 rings (SSSR count). The molecule has 0 bridgehead atoms. The number of aryl methyl sites for hydroxylation is 1. The SMILES string of the molecule is CC1CCc2c1cc1c(c2NC(=O)N=S(N)(=O)c2cnn3c2OCC2(CC2)C3)CCC1. The summed E-state index contributed by atoms with van der Waals surface area (Å²) in [7, 11) is -3.48. The molecule has 2 aromatic rings. The van der Waals surface area contributed by atoms with Crippen molar-refractivity contribution in [3.63, 3.8) is 0 Å². The van der Waals surface area contributed by atoms with Gasteiger partial charge in [-0.3, -0.25) is 0 Å². The van der Waals surface area contributed by atoms with Crippen molar-refractivity contribution in [3.8, 4) is 5.88 Å². The highest BCUT2D eigenvalue weighted by Gasteiger charge is 2.48. The zero-order valence-electron chi connectivity index (χ0n) is 17.6. The number of urea groups is 1. The summed E-state index contributed by atoms with van der Waals surface area (Å²) in [6.07, 6.45) is 8.71. The lowest BCUT2D eigenvalue weighted by Gasteiger charge is -2.24. The van der Waals surface area contributed by atoms with Crippen molar-refractivity contribution in [2.45, 2.75) is 69.2 Å². The normalized spacial score (nSPS) is 24.0. The predicted octanol–water partition coefficient (Wildman–Crippen LogP) is 3.53. The second-order valence-corrected chi connectivity index (χ2v) is 11.4. The maximum atomic E-state index is 13.2. The fraction of sp³-hybridized carbons (Fsp3) is 0.545. The summed E-state index contributed by atoms with van der Waals surface area (Å²) in [4.78, 5) is 13.1. The molecule has 3 aliphatic carbocycles. The van der Waals surface area contributed by atoms with E-state index in [4.69, 9.17) is 9.88 Å². The number of anilines is 1. The van der Waals surface area contributed by atoms with Gasteiger partial charge in [-0.1, -0.05) is 13.0 Å². The van der Waals surface area contributed by atoms with Crippen LogP contribution in [0.4, 0.5) is 10.5 Å². The number of rotatable bonds is 2. The largest absolute Gasteiger partial charge is 0.476 e. The quantitative estimate of drug-likeness (QED) is 0.742. The van der Waals surface area contributed by atoms with Crippen LogP contribution >= 0.6 is 0 Å². The number of aromatic nitrogens is 2. The van der Waals surface area contributed by atoms with Gasteiger partial charge in [-0.2, -0.15) is 5.10 Å². The molecule has 1 aromatic heterocycles. The van der Waals surface area contributed by atoms with Crippen molar-refractivity contribution in [2.75, 3.05) is 11.9 Å². The van der Waals surface area contributed by atoms with Crippen LogP contribution in [0, 0.1) is 5.41 Å². The van der Waals surface area contributed by atoms with E-state index in [1.54, 1.807) is 4.68 Å². The van der Waals surface area contributed by atoms with Crippen LogP contribution < -0.4 is 15.2 Å². The molecule has 1 spiro atoms. The lowest BCUT2D eigenvalue weighted by atomic mass is 9.96. The molecule has 0 radical (unpaired) electrons. The fourth-order valence-corrected chi connectivity index (χ4v) is 6.37. The molecule has 4 aliphatic rings. The maximum absolute atomic E-state index is 13.2. The summed E-state index contributed by atoms with van der Waals surface area (Å²) >= 11 is 0. The van der Waals surface area contributed by atoms with Crippen molar-refractivity contribution in [1.82, 2.24) is 9.78 Å². The van der Waals surface area contributed by atoms with E-state index in [0.29, 0.717) is 18.4 Å². The van der Waals surface area contributed by atoms with E-state index in [2.05, 4.69) is 27.8 Å². The Hall–Kier alpha value is -2.39. The molecule has 1 saturated carbocycles. The highest BCUT2D eigenvalue weighted by Crippen LogP contribution is 2.50. The zero-order valence-corrected chi connectivity index (χ0v) is 18.5. The monoisotopic (exact) mass is 441 g/mol. The number of carbonyl (C=O) groups excluding carboxylic acids is 1. The molecule has 2 unspecified atom stereocenters. The van der Waals surface area contributed by atoms with Gasteiger partial charge in [0.25, 0.3) is 0 Å². The van der Waals surface area contributed by atoms with Gasteiger partial charge in [0.1, 0.15) is 4.90 Å². The van der Waals surface area contributed by atoms with Crippen LogP contribution in [0.15, 0.2) is 21.5 Å². The predicted molar refractivity (Wildman–Crippen MR) is 117 cm³/mol. The Morgan fingerprint density at radius 1 is 1.35 bits per heavy atom. The first kappa shape index (κ1) is 19.3. The lowest BCUT2D eigenvalue weighted by molar-refractivity contribution is 0.144. The third-order valence-corrected chi connectivity index (χ3v) is 8.73. The smallest absolute Gasteiger partial charge is 0.354 e. The number of fused-ring (bicyclic) bond motifs is 3. The second-order valence-electron chi connectivity index (χ2n) is 9.60. The first-order valence-electron chi connectivity index (χ1n) is 11.1. The molecule has 8 nitrogen and oxygen atoms in total. The number of ether oxygens (including phenoxy) is 1. The van der Waals surface area contributed by atoms with E-state index in [1.807, 2.05) is 0 Å². The van der Waals surface area contributed by atoms with Crippen molar-refractivity contribution in [1.29, 1.82) is 0 Å². The number of hydrogen-bond acceptors (Lipinski definition) is 4. The van der Waals surface area contributed by atoms with Crippen LogP contribution in [0.25, 0.3) is 0 Å². The van der Waals surface area contributed by atoms with E-state index in [9.17, 15) is 9.00 Å². The number of amides is 2. The third-order valence-electron chi connectivity index (χ3n) is 7.38. The number of hydrogen-bond donors (Lipinski definition) is 2. The van der Waals surface area contributed by atoms with E-state index in [1.165, 1.54) is 28.5 Å². The summed E-state index contributed by atoms with van der Waals surface area (Å²) in [5.74, 6) is 0.856. The van der Waals surface area contributed by atoms with Gasteiger partial charge in [0.05, 0.1) is 19.3 Å². The van der Waals surface area contributed by atoms with Gasteiger partial charge < -0.3 is 10.1 Å². The average molecular weight is 442 g/mol. The summed E-state index contributed by atoms with van der Waals surface area (Å²) in [5.41, 5.74) is 6.04. The fourth-order valence-electron chi connectivity index (χ4n) is 5.37. The molecule has 1 aromatic carbocycles. The Labute approximate surface area is 181 Å². The van der Waals surface area contributed by atoms with E-state index in [-0.39, 0.29) is 10.3 Å². The molecule has 9 heteroatoms. The number of nitrogens with zero attached hydrogens (tertiary/aromatic N) is 3. The van der Waals surface area contributed by atoms with E-state index < -0.39 is 15.9 Å². The molecule has 2 amide bonds. The van der Waals surface area contributed by atoms with Gasteiger partial charge in [-0.05, 0) is 73.1 Å². The van der Waals surface area contributed by atoms with Crippen molar-refractivity contribution >= 4 is 21.6 Å². The number of benzene rings is 1. The van der Waals surface area contributed by atoms with Crippen LogP contribution in [0.1, 0.15) is 60.8 Å². The summed E-state index contributed by atoms with van der Waals surface area (Å²) in [6, 6.07) is 1.64. The standard InChI is InChI=1S/C22H27N5O3S/c1-13-5-6-16-17(13)9-14-3-2-4-15(14)19(16)25-21(28)26-31(23,29)18-10-24-27-11-22(7-8-22)12-30-20(18)27/h9-10,13H,2-8,11-12H2,1H3,(H3,23,25,26,28,29). The molecule has 31 heavy (non-hydrogen) atoms. The van der Waals surface area contributed by atoms with Gasteiger partial charge in [0, 0.05) is 11.1 Å². The molecule has 3 N–H and O–H groups in total. The Balaban J connectivity index is 1.32. The van der Waals surface area contributed by atoms with Crippen LogP contribution in [0.5, 0.6) is 5.88 Å². The minimum Gasteiger partial charge on any atom is -0.476 e. The molecular weight excluding hydrogens is 414 g/mol. The highest BCUT2D eigenvalue weighted by molar-refractivity contribution is 7.91. The van der Waals surface area contributed by atoms with Crippen LogP contribution in [-0.2, 0) is 35.7 Å². The first-order chi connectivity index (χ1) is 14.9. The molecular formula is C22H27N5O3S. The molecule has 164 valence electrons. The number of nitrogens with two attached hydrogens (primary N) is 1. The average Bonchev–Trinajstić information content (AvgIpc) is 3.09. The number of nitrogens with one attached hydrogen (secondary N) is 1. The Morgan fingerprint density at radius 3 is 3.00 bits per heavy atom. The van der Waals surface area contributed by atoms with Gasteiger partial charge in [0.15, 0.2) is 9.92 Å². The lowest BCUT2D eigenvalue weighted by Crippen LogP contribution is -2.28. The number of carbonyl (C=O) groups is 1. The molecule has 2 atom stereocenters. The Bertz CT molecular complexity index is 1240. The van der Waals surface area contributed by atoms with Gasteiger partial charge >= 0.3 is 6.03 Å². The third kappa shape index (κ3) is 3.09. The van der Waals surface area contributed by atoms with E-state index >= 15 is 0 Å². The van der Waals surface area contributed by atoms with Crippen LogP contribution in [-0.4, -0.2) is 26.6 Å². The van der Waals surface area contributed by atoms with Crippen LogP contribution in [0.3, 0.4) is 0 Å². The van der Waals surface area contributed by atoms with E-state index in [0.717, 1.165) is 57.2 Å². The maximum Gasteiger partial charge on any atom is 0.354 e. The topological polar surface area (TPSA) is 112 Å². The van der Waals surface area contributed by atoms with Gasteiger partial charge in [-0.15, -0.1) is 4.36 Å². The Kier molecular flexibility index (Phi) is 4.08. The van der Waals surface area contributed by atoms with Crippen molar-refractivity contribution in [2.24, 2.45) is 14.9 Å². The molecule has 1 aliphatic heterocycles. The zero-order chi connectivity index (χ0) is 21.4. The summed E-state index contributed by atoms with van der Waals surface area (Å²) in [5, 5.41) is 13.3. The highest BCUT2D eigenvalue weighted by atomic mass is 32.2. The van der Waals surface area contributed by atoms with Gasteiger partial charge in [-0.25, -0.2) is 18.8 Å². The molecule has 0 saturated heterocycles. The van der Waals surface area contributed by atoms with Gasteiger partial charge in [0.2, 0.25) is 5.88 Å². The minimum atomic E-state index is -3.48. The summed E-state index contributed by atoms with van der Waals surface area (Å²) < 4.78 is 24.7. The molecule has 2 heterocycles. The summed E-state index contributed by atoms with van der Waals surface area (Å²) in [6.45, 7) is 3.52. The second kappa shape index (κ2) is 6.56.